The van der Waals surface area contributed by atoms with Crippen LogP contribution in [0.5, 0.6) is 0 Å². The van der Waals surface area contributed by atoms with Crippen LogP contribution in [0.4, 0.5) is 0 Å². The van der Waals surface area contributed by atoms with Crippen LogP contribution < -0.4 is 11.1 Å². The van der Waals surface area contributed by atoms with Gasteiger partial charge in [-0.15, -0.1) is 0 Å². The molecule has 1 amide bonds. The van der Waals surface area contributed by atoms with Crippen LogP contribution in [-0.4, -0.2) is 42.9 Å². The van der Waals surface area contributed by atoms with Crippen LogP contribution in [0.15, 0.2) is 4.99 Å². The number of likely N-dealkylation sites (tertiary alicyclic amines) is 1. The minimum absolute atomic E-state index is 0.188. The first-order chi connectivity index (χ1) is 9.15. The third-order valence-electron chi connectivity index (χ3n) is 4.38. The van der Waals surface area contributed by atoms with Gasteiger partial charge in [0.05, 0.1) is 0 Å². The van der Waals surface area contributed by atoms with Gasteiger partial charge in [0, 0.05) is 33.1 Å². The number of carbonyl (C=O) groups excluding carboxylic acids is 1. The fourth-order valence-corrected chi connectivity index (χ4v) is 2.66. The van der Waals surface area contributed by atoms with Crippen LogP contribution in [0, 0.1) is 11.8 Å². The summed E-state index contributed by atoms with van der Waals surface area (Å²) < 4.78 is 0. The SMILES string of the molecule is CC(=O)N1CCC(CNC(N)=NCC2CCC2)CC1. The van der Waals surface area contributed by atoms with Crippen molar-refractivity contribution in [2.45, 2.75) is 39.0 Å². The van der Waals surface area contributed by atoms with Crippen molar-refractivity contribution in [1.29, 1.82) is 0 Å². The predicted octanol–water partition coefficient (Wildman–Crippen LogP) is 0.949. The molecule has 5 heteroatoms. The second-order valence-electron chi connectivity index (χ2n) is 5.85. The zero-order valence-corrected chi connectivity index (χ0v) is 11.9. The fourth-order valence-electron chi connectivity index (χ4n) is 2.66. The first-order valence-electron chi connectivity index (χ1n) is 7.44. The van der Waals surface area contributed by atoms with Crippen molar-refractivity contribution in [2.75, 3.05) is 26.2 Å². The van der Waals surface area contributed by atoms with Crippen molar-refractivity contribution in [3.63, 3.8) is 0 Å². The first-order valence-corrected chi connectivity index (χ1v) is 7.44. The number of guanidine groups is 1. The number of aliphatic imine (C=N–C) groups is 1. The summed E-state index contributed by atoms with van der Waals surface area (Å²) in [7, 11) is 0. The number of amides is 1. The van der Waals surface area contributed by atoms with E-state index in [0.717, 1.165) is 44.9 Å². The second kappa shape index (κ2) is 6.78. The molecule has 108 valence electrons. The van der Waals surface area contributed by atoms with E-state index in [4.69, 9.17) is 5.73 Å². The largest absolute Gasteiger partial charge is 0.370 e. The number of rotatable bonds is 4. The Morgan fingerprint density at radius 1 is 1.26 bits per heavy atom. The number of nitrogens with two attached hydrogens (primary N) is 1. The van der Waals surface area contributed by atoms with Crippen molar-refractivity contribution >= 4 is 11.9 Å². The third-order valence-corrected chi connectivity index (χ3v) is 4.38. The zero-order valence-electron chi connectivity index (χ0n) is 11.9. The van der Waals surface area contributed by atoms with Gasteiger partial charge < -0.3 is 16.0 Å². The molecule has 0 unspecified atom stereocenters. The van der Waals surface area contributed by atoms with Crippen molar-refractivity contribution < 1.29 is 4.79 Å². The Balaban J connectivity index is 1.61. The predicted molar refractivity (Wildman–Crippen MR) is 76.8 cm³/mol. The van der Waals surface area contributed by atoms with Crippen LogP contribution >= 0.6 is 0 Å². The molecule has 0 bridgehead atoms. The minimum atomic E-state index is 0.188. The molecule has 0 atom stereocenters. The summed E-state index contributed by atoms with van der Waals surface area (Å²) in [6.07, 6.45) is 6.08. The molecule has 1 heterocycles. The van der Waals surface area contributed by atoms with Crippen LogP contribution in [0.2, 0.25) is 0 Å². The Morgan fingerprint density at radius 3 is 2.47 bits per heavy atom. The molecule has 0 aromatic carbocycles. The van der Waals surface area contributed by atoms with Gasteiger partial charge in [0.15, 0.2) is 5.96 Å². The average molecular weight is 266 g/mol. The molecule has 0 aromatic rings. The van der Waals surface area contributed by atoms with Gasteiger partial charge in [-0.2, -0.15) is 0 Å². The number of hydrogen-bond acceptors (Lipinski definition) is 2. The maximum atomic E-state index is 11.2. The molecule has 1 aliphatic carbocycles. The number of carbonyl (C=O) groups is 1. The zero-order chi connectivity index (χ0) is 13.7. The average Bonchev–Trinajstić information content (AvgIpc) is 2.35. The van der Waals surface area contributed by atoms with Gasteiger partial charge >= 0.3 is 0 Å². The lowest BCUT2D eigenvalue weighted by Crippen LogP contribution is -2.42. The van der Waals surface area contributed by atoms with E-state index in [2.05, 4.69) is 10.3 Å². The molecule has 3 N–H and O–H groups in total. The third kappa shape index (κ3) is 4.40. The van der Waals surface area contributed by atoms with Gasteiger partial charge in [-0.1, -0.05) is 6.42 Å². The Bertz CT molecular complexity index is 330. The number of piperidine rings is 1. The molecule has 0 spiro atoms. The molecule has 2 rings (SSSR count). The van der Waals surface area contributed by atoms with Gasteiger partial charge in [0.1, 0.15) is 0 Å². The van der Waals surface area contributed by atoms with Crippen molar-refractivity contribution in [3.8, 4) is 0 Å². The summed E-state index contributed by atoms with van der Waals surface area (Å²) in [5.74, 6) is 2.14. The fraction of sp³-hybridized carbons (Fsp3) is 0.857. The molecule has 2 fully saturated rings. The summed E-state index contributed by atoms with van der Waals surface area (Å²) in [5, 5.41) is 3.22. The van der Waals surface area contributed by atoms with Gasteiger partial charge in [0.25, 0.3) is 0 Å². The summed E-state index contributed by atoms with van der Waals surface area (Å²) in [6.45, 7) is 5.15. The van der Waals surface area contributed by atoms with Crippen LogP contribution in [-0.2, 0) is 4.79 Å². The standard InChI is InChI=1S/C14H26N4O/c1-11(19)18-7-5-13(6-8-18)10-17-14(15)16-9-12-3-2-4-12/h12-13H,2-10H2,1H3,(H3,15,16,17). The first kappa shape index (κ1) is 14.2. The van der Waals surface area contributed by atoms with E-state index in [-0.39, 0.29) is 5.91 Å². The van der Waals surface area contributed by atoms with E-state index in [1.54, 1.807) is 6.92 Å². The monoisotopic (exact) mass is 266 g/mol. The maximum Gasteiger partial charge on any atom is 0.219 e. The number of nitrogens with one attached hydrogen (secondary N) is 1. The van der Waals surface area contributed by atoms with Gasteiger partial charge in [-0.3, -0.25) is 9.79 Å². The van der Waals surface area contributed by atoms with E-state index >= 15 is 0 Å². The lowest BCUT2D eigenvalue weighted by atomic mass is 9.86. The molecule has 1 aliphatic heterocycles. The Morgan fingerprint density at radius 2 is 1.95 bits per heavy atom. The molecule has 0 aromatic heterocycles. The van der Waals surface area contributed by atoms with E-state index in [1.807, 2.05) is 4.90 Å². The molecule has 0 radical (unpaired) electrons. The van der Waals surface area contributed by atoms with Crippen LogP contribution in [0.1, 0.15) is 39.0 Å². The van der Waals surface area contributed by atoms with Crippen LogP contribution in [0.3, 0.4) is 0 Å². The highest BCUT2D eigenvalue weighted by Crippen LogP contribution is 2.26. The Hall–Kier alpha value is -1.26. The minimum Gasteiger partial charge on any atom is -0.370 e. The normalized spacial score (nSPS) is 22.2. The highest BCUT2D eigenvalue weighted by molar-refractivity contribution is 5.77. The van der Waals surface area contributed by atoms with Gasteiger partial charge in [-0.05, 0) is 37.5 Å². The lowest BCUT2D eigenvalue weighted by molar-refractivity contribution is -0.130. The molecule has 1 saturated carbocycles. The summed E-state index contributed by atoms with van der Waals surface area (Å²) in [5.41, 5.74) is 5.87. The summed E-state index contributed by atoms with van der Waals surface area (Å²) >= 11 is 0. The van der Waals surface area contributed by atoms with Gasteiger partial charge in [0.2, 0.25) is 5.91 Å². The van der Waals surface area contributed by atoms with E-state index in [1.165, 1.54) is 19.3 Å². The van der Waals surface area contributed by atoms with E-state index < -0.39 is 0 Å². The van der Waals surface area contributed by atoms with Crippen molar-refractivity contribution in [1.82, 2.24) is 10.2 Å². The Labute approximate surface area is 115 Å². The molecule has 1 saturated heterocycles. The van der Waals surface area contributed by atoms with E-state index in [9.17, 15) is 4.79 Å². The molecular weight excluding hydrogens is 240 g/mol. The topological polar surface area (TPSA) is 70.7 Å². The highest BCUT2D eigenvalue weighted by Gasteiger charge is 2.20. The highest BCUT2D eigenvalue weighted by atomic mass is 16.2. The number of nitrogens with zero attached hydrogens (tertiary/aromatic N) is 2. The lowest BCUT2D eigenvalue weighted by Gasteiger charge is -2.31. The van der Waals surface area contributed by atoms with E-state index in [0.29, 0.717) is 11.9 Å². The van der Waals surface area contributed by atoms with Crippen molar-refractivity contribution in [3.05, 3.63) is 0 Å². The molecular formula is C14H26N4O. The smallest absolute Gasteiger partial charge is 0.219 e. The van der Waals surface area contributed by atoms with Gasteiger partial charge in [-0.25, -0.2) is 0 Å². The molecule has 19 heavy (non-hydrogen) atoms. The van der Waals surface area contributed by atoms with Crippen molar-refractivity contribution in [2.24, 2.45) is 22.6 Å². The number of hydrogen-bond donors (Lipinski definition) is 2. The quantitative estimate of drug-likeness (QED) is 0.588. The summed E-state index contributed by atoms with van der Waals surface area (Å²) in [4.78, 5) is 17.5. The molecule has 2 aliphatic rings. The molecule has 5 nitrogen and oxygen atoms in total. The summed E-state index contributed by atoms with van der Waals surface area (Å²) in [6, 6.07) is 0. The second-order valence-corrected chi connectivity index (χ2v) is 5.85. The Kier molecular flexibility index (Phi) is 5.05. The van der Waals surface area contributed by atoms with Crippen LogP contribution in [0.25, 0.3) is 0 Å². The maximum absolute atomic E-state index is 11.2.